The van der Waals surface area contributed by atoms with Crippen LogP contribution in [0.4, 0.5) is 0 Å². The van der Waals surface area contributed by atoms with Gasteiger partial charge < -0.3 is 2.85 Å². The van der Waals surface area contributed by atoms with Gasteiger partial charge in [0.1, 0.15) is 0 Å². The molecule has 0 saturated carbocycles. The topological polar surface area (TPSA) is 448 Å². The van der Waals surface area contributed by atoms with E-state index >= 15 is 0 Å². The molecule has 0 rings (SSSR count). The van der Waals surface area contributed by atoms with E-state index in [9.17, 15) is 0 Å². The molecular formula is H14Na2O24S6. The molecule has 0 amide bonds. The van der Waals surface area contributed by atoms with E-state index in [1.165, 1.54) is 0 Å². The molecular weight excluding hydrogens is 622 g/mol. The minimum absolute atomic E-state index is 0. The van der Waals surface area contributed by atoms with Crippen LogP contribution in [0, 0.1) is 0 Å². The molecule has 0 aromatic carbocycles. The van der Waals surface area contributed by atoms with Crippen molar-refractivity contribution in [1.82, 2.24) is 0 Å². The van der Waals surface area contributed by atoms with Crippen LogP contribution in [0.15, 0.2) is 0 Å². The SMILES string of the molecule is O=S(=O)(O)O.O=S(=O)(O)O.O=S(=O)(O)O.O=S(=O)(O)O.O=S(=O)(O)O.O=S(=O)(O)O.[H-].[H-].[Na+].[Na+]. The normalized spacial score (nSPS) is 10.9. The smallest absolute Gasteiger partial charge is 1.00 e. The maximum atomic E-state index is 8.74. The summed E-state index contributed by atoms with van der Waals surface area (Å²) in [6.45, 7) is 0. The van der Waals surface area contributed by atoms with Gasteiger partial charge in [0.15, 0.2) is 0 Å². The second-order valence-electron chi connectivity index (χ2n) is 2.69. The van der Waals surface area contributed by atoms with Crippen molar-refractivity contribution in [1.29, 1.82) is 0 Å². The summed E-state index contributed by atoms with van der Waals surface area (Å²) in [7, 11) is -28.0. The third-order valence-corrected chi connectivity index (χ3v) is 0. The molecule has 12 N–H and O–H groups in total. The van der Waals surface area contributed by atoms with Crippen molar-refractivity contribution in [3.63, 3.8) is 0 Å². The van der Waals surface area contributed by atoms with Gasteiger partial charge in [-0.2, -0.15) is 50.5 Å². The summed E-state index contributed by atoms with van der Waals surface area (Å²) in [5.74, 6) is 0. The molecule has 24 nitrogen and oxygen atoms in total. The molecule has 0 atom stereocenters. The van der Waals surface area contributed by atoms with Crippen molar-refractivity contribution in [3.8, 4) is 0 Å². The van der Waals surface area contributed by atoms with Crippen molar-refractivity contribution in [2.75, 3.05) is 0 Å². The molecule has 0 saturated heterocycles. The van der Waals surface area contributed by atoms with E-state index < -0.39 is 62.4 Å². The van der Waals surface area contributed by atoms with E-state index in [1.807, 2.05) is 0 Å². The first-order chi connectivity index (χ1) is 12.0. The van der Waals surface area contributed by atoms with Gasteiger partial charge in [-0.1, -0.05) is 0 Å². The Bertz CT molecular complexity index is 775. The second kappa shape index (κ2) is 22.7. The first kappa shape index (κ1) is 54.2. The Labute approximate surface area is 227 Å². The van der Waals surface area contributed by atoms with Gasteiger partial charge >= 0.3 is 122 Å². The number of hydrogen-bond acceptors (Lipinski definition) is 12. The van der Waals surface area contributed by atoms with Gasteiger partial charge in [-0.3, -0.25) is 54.6 Å². The molecule has 32 heavy (non-hydrogen) atoms. The molecule has 0 fully saturated rings. The van der Waals surface area contributed by atoms with Crippen molar-refractivity contribution in [2.45, 2.75) is 0 Å². The van der Waals surface area contributed by atoms with Gasteiger partial charge in [0, 0.05) is 0 Å². The maximum absolute atomic E-state index is 8.74. The summed E-state index contributed by atoms with van der Waals surface area (Å²) in [5, 5.41) is 0. The van der Waals surface area contributed by atoms with Crippen LogP contribution in [0.25, 0.3) is 0 Å². The van der Waals surface area contributed by atoms with Gasteiger partial charge in [-0.05, 0) is 0 Å². The predicted molar refractivity (Wildman–Crippen MR) is 87.3 cm³/mol. The van der Waals surface area contributed by atoms with Crippen molar-refractivity contribution in [3.05, 3.63) is 0 Å². The Kier molecular flexibility index (Phi) is 38.4. The fourth-order valence-corrected chi connectivity index (χ4v) is 0. The molecule has 32 heteroatoms. The summed E-state index contributed by atoms with van der Waals surface area (Å²) >= 11 is 0. The van der Waals surface area contributed by atoms with Gasteiger partial charge in [0.05, 0.1) is 0 Å². The molecule has 0 unspecified atom stereocenters. The minimum Gasteiger partial charge on any atom is -1.00 e. The molecule has 0 spiro atoms. The Morgan fingerprint density at radius 1 is 0.250 bits per heavy atom. The van der Waals surface area contributed by atoms with E-state index in [2.05, 4.69) is 0 Å². The van der Waals surface area contributed by atoms with E-state index in [4.69, 9.17) is 105 Å². The quantitative estimate of drug-likeness (QED) is 0.0866. The molecule has 0 bridgehead atoms. The van der Waals surface area contributed by atoms with E-state index in [0.717, 1.165) is 0 Å². The number of rotatable bonds is 0. The van der Waals surface area contributed by atoms with Crippen LogP contribution in [-0.4, -0.2) is 105 Å². The zero-order valence-electron chi connectivity index (χ0n) is 16.7. The summed E-state index contributed by atoms with van der Waals surface area (Å²) in [6.07, 6.45) is 0. The summed E-state index contributed by atoms with van der Waals surface area (Å²) in [5.41, 5.74) is 0. The fourth-order valence-electron chi connectivity index (χ4n) is 0. The van der Waals surface area contributed by atoms with Crippen molar-refractivity contribution < 1.29 is 167 Å². The summed E-state index contributed by atoms with van der Waals surface area (Å²) in [4.78, 5) is 0. The zero-order chi connectivity index (χ0) is 27.0. The molecule has 0 radical (unpaired) electrons. The minimum atomic E-state index is -4.67. The molecule has 0 heterocycles. The standard InChI is InChI=1S/2Na.6H2O4S.2H/c;;6*1-5(2,3)4;;/h;;6*(H2,1,2,3,4);;/q2*+1;;;;;;;2*-1. The third-order valence-electron chi connectivity index (χ3n) is 0. The Morgan fingerprint density at radius 3 is 0.250 bits per heavy atom. The average Bonchev–Trinajstić information content (AvgIpc) is 1.94. The second-order valence-corrected chi connectivity index (χ2v) is 8.06. The van der Waals surface area contributed by atoms with Gasteiger partial charge in [-0.15, -0.1) is 0 Å². The molecule has 196 valence electrons. The van der Waals surface area contributed by atoms with Crippen molar-refractivity contribution in [2.24, 2.45) is 0 Å². The fraction of sp³-hybridized carbons (Fsp3) is 0. The Balaban J connectivity index is -0.0000000248. The van der Waals surface area contributed by atoms with Gasteiger partial charge in [0.2, 0.25) is 0 Å². The van der Waals surface area contributed by atoms with Crippen LogP contribution >= 0.6 is 0 Å². The molecule has 0 aliphatic rings. The number of hydrogen-bond donors (Lipinski definition) is 12. The van der Waals surface area contributed by atoms with Crippen LogP contribution in [0.5, 0.6) is 0 Å². The first-order valence-corrected chi connectivity index (χ1v) is 12.6. The monoisotopic (exact) mass is 636 g/mol. The van der Waals surface area contributed by atoms with E-state index in [0.29, 0.717) is 0 Å². The van der Waals surface area contributed by atoms with Crippen LogP contribution in [0.3, 0.4) is 0 Å². The van der Waals surface area contributed by atoms with Crippen LogP contribution in [0.2, 0.25) is 0 Å². The largest absolute Gasteiger partial charge is 1.00 e. The van der Waals surface area contributed by atoms with E-state index in [1.54, 1.807) is 0 Å². The summed E-state index contributed by atoms with van der Waals surface area (Å²) in [6, 6.07) is 0. The first-order valence-electron chi connectivity index (χ1n) is 4.19. The summed E-state index contributed by atoms with van der Waals surface area (Å²) < 4.78 is 190. The van der Waals surface area contributed by atoms with E-state index in [-0.39, 0.29) is 62.0 Å². The van der Waals surface area contributed by atoms with Crippen LogP contribution in [-0.2, 0) is 62.4 Å². The molecule has 0 aromatic rings. The Hall–Kier alpha value is 1.22. The van der Waals surface area contributed by atoms with Crippen LogP contribution < -0.4 is 59.1 Å². The maximum Gasteiger partial charge on any atom is 1.00 e. The third kappa shape index (κ3) is 19200. The van der Waals surface area contributed by atoms with Crippen molar-refractivity contribution >= 4 is 62.4 Å². The van der Waals surface area contributed by atoms with Gasteiger partial charge in [0.25, 0.3) is 0 Å². The predicted octanol–water partition coefficient (Wildman–Crippen LogP) is -9.68. The average molecular weight is 636 g/mol. The van der Waals surface area contributed by atoms with Gasteiger partial charge in [-0.25, -0.2) is 0 Å². The van der Waals surface area contributed by atoms with Crippen LogP contribution in [0.1, 0.15) is 2.85 Å². The zero-order valence-corrected chi connectivity index (χ0v) is 23.6. The molecule has 0 aliphatic carbocycles. The Morgan fingerprint density at radius 2 is 0.250 bits per heavy atom. The molecule has 0 aromatic heterocycles. The molecule has 0 aliphatic heterocycles.